The van der Waals surface area contributed by atoms with Crippen molar-refractivity contribution in [3.63, 3.8) is 0 Å². The molecular formula is C17H23N3O4. The summed E-state index contributed by atoms with van der Waals surface area (Å²) in [6, 6.07) is 5.30. The van der Waals surface area contributed by atoms with Crippen LogP contribution in [-0.4, -0.2) is 56.3 Å². The molecule has 1 fully saturated rings. The fraction of sp³-hybridized carbons (Fsp3) is 0.529. The van der Waals surface area contributed by atoms with Crippen LogP contribution >= 0.6 is 0 Å². The number of nitrogens with one attached hydrogen (secondary N) is 1. The molecule has 7 heteroatoms. The van der Waals surface area contributed by atoms with Gasteiger partial charge in [-0.1, -0.05) is 13.3 Å². The molecule has 0 aliphatic carbocycles. The number of nitrogens with zero attached hydrogens (tertiary/aromatic N) is 2. The molecule has 1 saturated heterocycles. The van der Waals surface area contributed by atoms with Crippen molar-refractivity contribution in [2.24, 2.45) is 0 Å². The smallest absolute Gasteiger partial charge is 0.322 e. The van der Waals surface area contributed by atoms with Gasteiger partial charge in [0.25, 0.3) is 5.91 Å². The molecule has 0 radical (unpaired) electrons. The topological polar surface area (TPSA) is 71.1 Å². The van der Waals surface area contributed by atoms with Crippen LogP contribution in [0.3, 0.4) is 0 Å². The third kappa shape index (κ3) is 3.31. The van der Waals surface area contributed by atoms with E-state index in [0.29, 0.717) is 36.9 Å². The van der Waals surface area contributed by atoms with E-state index in [4.69, 9.17) is 9.47 Å². The van der Waals surface area contributed by atoms with Crippen LogP contribution in [0.15, 0.2) is 18.2 Å². The first-order valence-corrected chi connectivity index (χ1v) is 8.29. The highest BCUT2D eigenvalue weighted by Gasteiger charge is 2.27. The molecule has 2 aliphatic heterocycles. The van der Waals surface area contributed by atoms with Crippen LogP contribution in [0, 0.1) is 0 Å². The average molecular weight is 333 g/mol. The van der Waals surface area contributed by atoms with Crippen molar-refractivity contribution in [2.45, 2.75) is 25.8 Å². The molecule has 1 unspecified atom stereocenters. The van der Waals surface area contributed by atoms with E-state index in [0.717, 1.165) is 12.8 Å². The highest BCUT2D eigenvalue weighted by molar-refractivity contribution is 5.98. The first kappa shape index (κ1) is 16.6. The largest absolute Gasteiger partial charge is 0.481 e. The van der Waals surface area contributed by atoms with Crippen LogP contribution < -0.4 is 15.0 Å². The van der Waals surface area contributed by atoms with E-state index in [9.17, 15) is 9.59 Å². The Labute approximate surface area is 141 Å². The third-order valence-corrected chi connectivity index (χ3v) is 4.41. The molecule has 0 bridgehead atoms. The van der Waals surface area contributed by atoms with E-state index in [1.54, 1.807) is 30.1 Å². The van der Waals surface area contributed by atoms with Crippen molar-refractivity contribution in [1.82, 2.24) is 4.90 Å². The molecule has 0 saturated carbocycles. The first-order valence-electron chi connectivity index (χ1n) is 8.29. The quantitative estimate of drug-likeness (QED) is 0.919. The number of anilines is 2. The van der Waals surface area contributed by atoms with E-state index in [2.05, 4.69) is 12.2 Å². The lowest BCUT2D eigenvalue weighted by Gasteiger charge is -2.35. The van der Waals surface area contributed by atoms with E-state index >= 15 is 0 Å². The zero-order valence-corrected chi connectivity index (χ0v) is 14.1. The molecular weight excluding hydrogens is 310 g/mol. The maximum Gasteiger partial charge on any atom is 0.322 e. The summed E-state index contributed by atoms with van der Waals surface area (Å²) in [6.45, 7) is 3.86. The minimum Gasteiger partial charge on any atom is -0.481 e. The minimum atomic E-state index is -0.128. The lowest BCUT2D eigenvalue weighted by atomic mass is 10.1. The molecule has 1 aromatic rings. The molecule has 1 N–H and O–H groups in total. The van der Waals surface area contributed by atoms with E-state index in [1.165, 1.54) is 0 Å². The minimum absolute atomic E-state index is 0.0168. The number of ether oxygens (including phenoxy) is 2. The van der Waals surface area contributed by atoms with Crippen LogP contribution in [0.4, 0.5) is 16.2 Å². The number of rotatable bonds is 3. The van der Waals surface area contributed by atoms with Crippen LogP contribution in [-0.2, 0) is 9.53 Å². The van der Waals surface area contributed by atoms with Gasteiger partial charge in [-0.05, 0) is 18.6 Å². The number of amides is 3. The van der Waals surface area contributed by atoms with Crippen LogP contribution in [0.25, 0.3) is 0 Å². The highest BCUT2D eigenvalue weighted by Crippen LogP contribution is 2.33. The molecule has 24 heavy (non-hydrogen) atoms. The van der Waals surface area contributed by atoms with Gasteiger partial charge in [0.15, 0.2) is 6.61 Å². The van der Waals surface area contributed by atoms with Gasteiger partial charge in [0.1, 0.15) is 5.75 Å². The molecule has 0 spiro atoms. The van der Waals surface area contributed by atoms with Gasteiger partial charge in [0.2, 0.25) is 0 Å². The SMILES string of the molecule is CCCC1COCCN1C(=O)Nc1ccc2c(c1)OCC(=O)N2C. The summed E-state index contributed by atoms with van der Waals surface area (Å²) in [5, 5.41) is 2.92. The van der Waals surface area contributed by atoms with Gasteiger partial charge in [-0.2, -0.15) is 0 Å². The monoisotopic (exact) mass is 333 g/mol. The van der Waals surface area contributed by atoms with Gasteiger partial charge in [0, 0.05) is 25.3 Å². The van der Waals surface area contributed by atoms with Crippen molar-refractivity contribution in [2.75, 3.05) is 43.6 Å². The molecule has 1 aromatic carbocycles. The summed E-state index contributed by atoms with van der Waals surface area (Å²) in [4.78, 5) is 27.6. The number of morpholine rings is 1. The second kappa shape index (κ2) is 7.09. The second-order valence-corrected chi connectivity index (χ2v) is 6.06. The van der Waals surface area contributed by atoms with Crippen molar-refractivity contribution in [3.8, 4) is 5.75 Å². The van der Waals surface area contributed by atoms with Crippen LogP contribution in [0.2, 0.25) is 0 Å². The predicted molar refractivity (Wildman–Crippen MR) is 90.6 cm³/mol. The standard InChI is InChI=1S/C17H23N3O4/c1-3-4-13-10-23-8-7-20(13)17(22)18-12-5-6-14-15(9-12)24-11-16(21)19(14)2/h5-6,9,13H,3-4,7-8,10-11H2,1-2H3,(H,18,22). The maximum absolute atomic E-state index is 12.6. The fourth-order valence-electron chi connectivity index (χ4n) is 3.05. The Bertz CT molecular complexity index is 632. The molecule has 2 heterocycles. The maximum atomic E-state index is 12.6. The number of benzene rings is 1. The molecule has 0 aromatic heterocycles. The summed E-state index contributed by atoms with van der Waals surface area (Å²) < 4.78 is 10.9. The number of carbonyl (C=O) groups excluding carboxylic acids is 2. The predicted octanol–water partition coefficient (Wildman–Crippen LogP) is 2.07. The van der Waals surface area contributed by atoms with Gasteiger partial charge in [-0.15, -0.1) is 0 Å². The Morgan fingerprint density at radius 1 is 1.42 bits per heavy atom. The summed E-state index contributed by atoms with van der Waals surface area (Å²) in [5.74, 6) is 0.511. The van der Waals surface area contributed by atoms with Crippen molar-refractivity contribution >= 4 is 23.3 Å². The van der Waals surface area contributed by atoms with Crippen LogP contribution in [0.1, 0.15) is 19.8 Å². The molecule has 3 rings (SSSR count). The molecule has 7 nitrogen and oxygen atoms in total. The number of likely N-dealkylation sites (N-methyl/N-ethyl adjacent to an activating group) is 1. The zero-order chi connectivity index (χ0) is 17.1. The zero-order valence-electron chi connectivity index (χ0n) is 14.1. The normalized spacial score (nSPS) is 20.4. The van der Waals surface area contributed by atoms with Gasteiger partial charge in [-0.3, -0.25) is 4.79 Å². The van der Waals surface area contributed by atoms with E-state index < -0.39 is 0 Å². The Balaban J connectivity index is 1.71. The summed E-state index contributed by atoms with van der Waals surface area (Å²) in [5.41, 5.74) is 1.36. The second-order valence-electron chi connectivity index (χ2n) is 6.06. The lowest BCUT2D eigenvalue weighted by Crippen LogP contribution is -2.50. The number of hydrogen-bond acceptors (Lipinski definition) is 4. The third-order valence-electron chi connectivity index (χ3n) is 4.41. The Morgan fingerprint density at radius 3 is 3.04 bits per heavy atom. The van der Waals surface area contributed by atoms with Gasteiger partial charge in [-0.25, -0.2) is 4.79 Å². The van der Waals surface area contributed by atoms with Crippen LogP contribution in [0.5, 0.6) is 5.75 Å². The summed E-state index contributed by atoms with van der Waals surface area (Å²) in [7, 11) is 1.71. The Hall–Kier alpha value is -2.28. The lowest BCUT2D eigenvalue weighted by molar-refractivity contribution is -0.120. The fourth-order valence-corrected chi connectivity index (χ4v) is 3.05. The molecule has 1 atom stereocenters. The van der Waals surface area contributed by atoms with Crippen molar-refractivity contribution < 1.29 is 19.1 Å². The Morgan fingerprint density at radius 2 is 2.25 bits per heavy atom. The van der Waals surface area contributed by atoms with Gasteiger partial charge in [0.05, 0.1) is 24.9 Å². The van der Waals surface area contributed by atoms with Crippen molar-refractivity contribution in [1.29, 1.82) is 0 Å². The number of hydrogen-bond donors (Lipinski definition) is 1. The molecule has 130 valence electrons. The van der Waals surface area contributed by atoms with E-state index in [-0.39, 0.29) is 24.6 Å². The Kier molecular flexibility index (Phi) is 4.89. The summed E-state index contributed by atoms with van der Waals surface area (Å²) in [6.07, 6.45) is 1.93. The molecule has 3 amide bonds. The van der Waals surface area contributed by atoms with Crippen molar-refractivity contribution in [3.05, 3.63) is 18.2 Å². The van der Waals surface area contributed by atoms with E-state index in [1.807, 2.05) is 4.90 Å². The highest BCUT2D eigenvalue weighted by atomic mass is 16.5. The average Bonchev–Trinajstić information content (AvgIpc) is 2.59. The number of urea groups is 1. The first-order chi connectivity index (χ1) is 11.6. The molecule has 2 aliphatic rings. The summed E-state index contributed by atoms with van der Waals surface area (Å²) >= 11 is 0. The van der Waals surface area contributed by atoms with Gasteiger partial charge >= 0.3 is 6.03 Å². The number of carbonyl (C=O) groups is 2. The van der Waals surface area contributed by atoms with Gasteiger partial charge < -0.3 is 24.6 Å². The number of fused-ring (bicyclic) bond motifs is 1.